The maximum absolute atomic E-state index is 13.3. The summed E-state index contributed by atoms with van der Waals surface area (Å²) in [7, 11) is 2.98. The van der Waals surface area contributed by atoms with E-state index in [0.717, 1.165) is 5.56 Å². The number of benzene rings is 3. The fraction of sp³-hybridized carbons (Fsp3) is 0.222. The summed E-state index contributed by atoms with van der Waals surface area (Å²) in [6, 6.07) is 12.2. The van der Waals surface area contributed by atoms with Crippen LogP contribution < -0.4 is 24.4 Å². The van der Waals surface area contributed by atoms with Crippen molar-refractivity contribution < 1.29 is 38.1 Å². The zero-order valence-electron chi connectivity index (χ0n) is 20.6. The molecule has 0 radical (unpaired) electrons. The van der Waals surface area contributed by atoms with Gasteiger partial charge in [0.15, 0.2) is 11.5 Å². The van der Waals surface area contributed by atoms with Crippen LogP contribution in [0, 0.1) is 5.82 Å². The van der Waals surface area contributed by atoms with E-state index in [1.165, 1.54) is 44.7 Å². The van der Waals surface area contributed by atoms with Crippen molar-refractivity contribution in [3.05, 3.63) is 76.6 Å². The van der Waals surface area contributed by atoms with Crippen molar-refractivity contribution >= 4 is 17.8 Å². The van der Waals surface area contributed by atoms with Crippen molar-refractivity contribution in [2.75, 3.05) is 21.0 Å². The van der Waals surface area contributed by atoms with Gasteiger partial charge in [-0.05, 0) is 29.8 Å². The van der Waals surface area contributed by atoms with E-state index in [9.17, 15) is 14.3 Å². The Morgan fingerprint density at radius 1 is 1.13 bits per heavy atom. The van der Waals surface area contributed by atoms with Crippen LogP contribution in [0.3, 0.4) is 0 Å². The Labute approximate surface area is 217 Å². The lowest BCUT2D eigenvalue weighted by Gasteiger charge is -2.19. The van der Waals surface area contributed by atoms with Crippen LogP contribution in [0.5, 0.6) is 28.7 Å². The topological polar surface area (TPSA) is 120 Å². The van der Waals surface area contributed by atoms with Gasteiger partial charge in [-0.15, -0.1) is 0 Å². The van der Waals surface area contributed by atoms with Crippen molar-refractivity contribution in [2.24, 2.45) is 10.3 Å². The number of rotatable bonds is 8. The van der Waals surface area contributed by atoms with Gasteiger partial charge in [0.25, 0.3) is 5.91 Å². The van der Waals surface area contributed by atoms with E-state index in [1.807, 2.05) is 0 Å². The SMILES string of the molecule is COc1c(C=NNC(=O)c2ccccc2O)c(CC2CC(c3ccc(F)cc3)=NO2)c(OC)c2c1OCO2. The van der Waals surface area contributed by atoms with Crippen molar-refractivity contribution in [3.63, 3.8) is 0 Å². The molecule has 5 rings (SSSR count). The number of hydrogen-bond donors (Lipinski definition) is 2. The van der Waals surface area contributed by atoms with Crippen LogP contribution in [0.25, 0.3) is 0 Å². The van der Waals surface area contributed by atoms with E-state index in [-0.39, 0.29) is 30.0 Å². The first-order valence-corrected chi connectivity index (χ1v) is 11.7. The minimum Gasteiger partial charge on any atom is -0.507 e. The average molecular weight is 522 g/mol. The Kier molecular flexibility index (Phi) is 6.98. The number of oxime groups is 1. The number of hydrogen-bond acceptors (Lipinski definition) is 9. The van der Waals surface area contributed by atoms with Crippen LogP contribution in [-0.2, 0) is 11.3 Å². The second kappa shape index (κ2) is 10.7. The monoisotopic (exact) mass is 521 g/mol. The Morgan fingerprint density at radius 3 is 2.55 bits per heavy atom. The van der Waals surface area contributed by atoms with Gasteiger partial charge in [-0.2, -0.15) is 5.10 Å². The van der Waals surface area contributed by atoms with Gasteiger partial charge < -0.3 is 28.9 Å². The predicted octanol–water partition coefficient (Wildman–Crippen LogP) is 3.78. The van der Waals surface area contributed by atoms with Crippen LogP contribution in [0.4, 0.5) is 4.39 Å². The summed E-state index contributed by atoms with van der Waals surface area (Å²) in [6.45, 7) is -0.0239. The number of ether oxygens (including phenoxy) is 4. The van der Waals surface area contributed by atoms with Gasteiger partial charge in [-0.1, -0.05) is 29.4 Å². The summed E-state index contributed by atoms with van der Waals surface area (Å²) in [5.74, 6) is 0.379. The van der Waals surface area contributed by atoms with Crippen molar-refractivity contribution in [1.82, 2.24) is 5.43 Å². The molecule has 0 aliphatic carbocycles. The Morgan fingerprint density at radius 2 is 1.84 bits per heavy atom. The van der Waals surface area contributed by atoms with Gasteiger partial charge in [-0.25, -0.2) is 9.82 Å². The summed E-state index contributed by atoms with van der Waals surface area (Å²) in [6.07, 6.45) is 1.82. The third kappa shape index (κ3) is 4.77. The van der Waals surface area contributed by atoms with E-state index < -0.39 is 5.91 Å². The third-order valence-corrected chi connectivity index (χ3v) is 6.13. The highest BCUT2D eigenvalue weighted by molar-refractivity contribution is 6.01. The van der Waals surface area contributed by atoms with Crippen molar-refractivity contribution in [1.29, 1.82) is 0 Å². The molecule has 38 heavy (non-hydrogen) atoms. The Balaban J connectivity index is 1.45. The van der Waals surface area contributed by atoms with Gasteiger partial charge in [-0.3, -0.25) is 4.79 Å². The number of hydrazone groups is 1. The van der Waals surface area contributed by atoms with Crippen LogP contribution in [0.1, 0.15) is 33.5 Å². The normalized spacial score (nSPS) is 15.8. The number of para-hydroxylation sites is 1. The molecule has 0 saturated carbocycles. The zero-order chi connectivity index (χ0) is 26.6. The molecule has 1 atom stereocenters. The largest absolute Gasteiger partial charge is 0.507 e. The van der Waals surface area contributed by atoms with Crippen molar-refractivity contribution in [3.8, 4) is 28.7 Å². The predicted molar refractivity (Wildman–Crippen MR) is 135 cm³/mol. The lowest BCUT2D eigenvalue weighted by atomic mass is 9.95. The van der Waals surface area contributed by atoms with Crippen LogP contribution >= 0.6 is 0 Å². The second-order valence-electron chi connectivity index (χ2n) is 8.42. The van der Waals surface area contributed by atoms with Crippen LogP contribution in [0.15, 0.2) is 58.8 Å². The summed E-state index contributed by atoms with van der Waals surface area (Å²) in [5.41, 5.74) is 5.05. The van der Waals surface area contributed by atoms with Gasteiger partial charge in [0.05, 0.1) is 31.7 Å². The van der Waals surface area contributed by atoms with Crippen LogP contribution in [0.2, 0.25) is 0 Å². The molecule has 3 aromatic carbocycles. The average Bonchev–Trinajstić information content (AvgIpc) is 3.59. The van der Waals surface area contributed by atoms with E-state index in [4.69, 9.17) is 23.8 Å². The molecular formula is C27H24FN3O7. The highest BCUT2D eigenvalue weighted by Gasteiger charge is 2.33. The minimum atomic E-state index is -0.593. The number of aromatic hydroxyl groups is 1. The smallest absolute Gasteiger partial charge is 0.275 e. The molecule has 0 fully saturated rings. The molecule has 3 aromatic rings. The van der Waals surface area contributed by atoms with E-state index in [1.54, 1.807) is 24.3 Å². The molecule has 2 aliphatic heterocycles. The molecule has 0 aromatic heterocycles. The maximum Gasteiger partial charge on any atom is 0.275 e. The molecule has 11 heteroatoms. The van der Waals surface area contributed by atoms with Crippen LogP contribution in [-0.4, -0.2) is 50.1 Å². The summed E-state index contributed by atoms with van der Waals surface area (Å²) in [4.78, 5) is 18.2. The number of nitrogens with zero attached hydrogens (tertiary/aromatic N) is 2. The molecule has 1 amide bonds. The summed E-state index contributed by atoms with van der Waals surface area (Å²) >= 11 is 0. The number of nitrogens with one attached hydrogen (secondary N) is 1. The number of amides is 1. The van der Waals surface area contributed by atoms with E-state index in [0.29, 0.717) is 52.7 Å². The molecule has 2 aliphatic rings. The minimum absolute atomic E-state index is 0.0239. The van der Waals surface area contributed by atoms with Gasteiger partial charge in [0.1, 0.15) is 17.7 Å². The molecule has 0 bridgehead atoms. The fourth-order valence-electron chi connectivity index (χ4n) is 4.35. The molecule has 2 heterocycles. The number of methoxy groups -OCH3 is 2. The fourth-order valence-corrected chi connectivity index (χ4v) is 4.35. The Hall–Kier alpha value is -4.80. The maximum atomic E-state index is 13.3. The highest BCUT2D eigenvalue weighted by Crippen LogP contribution is 2.52. The number of halogens is 1. The summed E-state index contributed by atoms with van der Waals surface area (Å²) < 4.78 is 36.0. The number of phenolic OH excluding ortho intramolecular Hbond substituents is 1. The van der Waals surface area contributed by atoms with E-state index in [2.05, 4.69) is 15.7 Å². The zero-order valence-corrected chi connectivity index (χ0v) is 20.6. The highest BCUT2D eigenvalue weighted by atomic mass is 19.1. The number of carbonyl (C=O) groups is 1. The molecule has 1 unspecified atom stereocenters. The standard InChI is InChI=1S/C27H24FN3O7/c1-34-23-19(11-17-12-21(31-38-17)15-7-9-16(28)10-8-15)20(24(35-2)26-25(23)36-14-37-26)13-29-30-27(33)18-5-3-4-6-22(18)32/h3-10,13,17,32H,11-12,14H2,1-2H3,(H,30,33). The first kappa shape index (κ1) is 24.9. The molecule has 0 spiro atoms. The molecule has 10 nitrogen and oxygen atoms in total. The van der Waals surface area contributed by atoms with E-state index >= 15 is 0 Å². The van der Waals surface area contributed by atoms with Gasteiger partial charge in [0, 0.05) is 24.0 Å². The first-order valence-electron chi connectivity index (χ1n) is 11.7. The number of carbonyl (C=O) groups excluding carboxylic acids is 1. The van der Waals surface area contributed by atoms with Crippen molar-refractivity contribution in [2.45, 2.75) is 18.9 Å². The summed E-state index contributed by atoms with van der Waals surface area (Å²) in [5, 5.41) is 18.2. The first-order chi connectivity index (χ1) is 18.5. The Bertz CT molecular complexity index is 1420. The number of phenols is 1. The lowest BCUT2D eigenvalue weighted by molar-refractivity contribution is 0.0852. The molecule has 0 saturated heterocycles. The van der Waals surface area contributed by atoms with Gasteiger partial charge >= 0.3 is 0 Å². The third-order valence-electron chi connectivity index (χ3n) is 6.13. The molecule has 196 valence electrons. The molecule has 2 N–H and O–H groups in total. The molecular weight excluding hydrogens is 497 g/mol. The quantitative estimate of drug-likeness (QED) is 0.342. The van der Waals surface area contributed by atoms with Gasteiger partial charge in [0.2, 0.25) is 18.3 Å². The number of fused-ring (bicyclic) bond motifs is 1. The second-order valence-corrected chi connectivity index (χ2v) is 8.42. The lowest BCUT2D eigenvalue weighted by Crippen LogP contribution is -2.18.